The number of carbonyl (C=O) groups excluding carboxylic acids is 1. The first kappa shape index (κ1) is 15.4. The maximum absolute atomic E-state index is 12.6. The molecule has 5 heteroatoms. The number of aromatic nitrogens is 1. The van der Waals surface area contributed by atoms with Crippen molar-refractivity contribution in [2.45, 2.75) is 25.9 Å². The van der Waals surface area contributed by atoms with E-state index in [0.29, 0.717) is 25.4 Å². The molecule has 3 rings (SSSR count). The molecular weight excluding hydrogens is 278 g/mol. The number of hydrogen-bond donors (Lipinski definition) is 0. The van der Waals surface area contributed by atoms with E-state index in [1.54, 1.807) is 6.20 Å². The fraction of sp³-hybridized carbons (Fsp3) is 0.647. The Bertz CT molecular complexity index is 530. The Morgan fingerprint density at radius 1 is 1.45 bits per heavy atom. The van der Waals surface area contributed by atoms with E-state index in [2.05, 4.69) is 16.9 Å². The average molecular weight is 303 g/mol. The van der Waals surface area contributed by atoms with Crippen LogP contribution in [0.25, 0.3) is 0 Å². The number of amides is 1. The van der Waals surface area contributed by atoms with Gasteiger partial charge in [0.2, 0.25) is 0 Å². The fourth-order valence-electron chi connectivity index (χ4n) is 3.04. The lowest BCUT2D eigenvalue weighted by atomic mass is 10.1. The van der Waals surface area contributed by atoms with Gasteiger partial charge in [-0.1, -0.05) is 6.07 Å². The van der Waals surface area contributed by atoms with Gasteiger partial charge in [0, 0.05) is 32.4 Å². The summed E-state index contributed by atoms with van der Waals surface area (Å²) >= 11 is 0. The smallest absolute Gasteiger partial charge is 0.272 e. The zero-order valence-corrected chi connectivity index (χ0v) is 13.5. The molecule has 2 fully saturated rings. The molecule has 1 aromatic heterocycles. The largest absolute Gasteiger partial charge is 0.373 e. The minimum absolute atomic E-state index is 0.0243. The van der Waals surface area contributed by atoms with Gasteiger partial charge in [0.15, 0.2) is 0 Å². The van der Waals surface area contributed by atoms with Crippen LogP contribution in [-0.4, -0.2) is 66.6 Å². The summed E-state index contributed by atoms with van der Waals surface area (Å²) in [5, 5.41) is 0. The van der Waals surface area contributed by atoms with E-state index in [-0.39, 0.29) is 12.0 Å². The molecule has 1 atom stereocenters. The van der Waals surface area contributed by atoms with Crippen LogP contribution in [0.2, 0.25) is 0 Å². The third kappa shape index (κ3) is 3.84. The van der Waals surface area contributed by atoms with Crippen LogP contribution >= 0.6 is 0 Å². The lowest BCUT2D eigenvalue weighted by Gasteiger charge is -2.35. The van der Waals surface area contributed by atoms with Crippen LogP contribution in [0.1, 0.15) is 28.9 Å². The van der Waals surface area contributed by atoms with Gasteiger partial charge in [0.25, 0.3) is 5.91 Å². The first-order valence-electron chi connectivity index (χ1n) is 8.14. The van der Waals surface area contributed by atoms with Crippen LogP contribution in [0.15, 0.2) is 18.3 Å². The molecule has 2 heterocycles. The summed E-state index contributed by atoms with van der Waals surface area (Å²) in [6.07, 6.45) is 4.51. The molecule has 1 aromatic rings. The van der Waals surface area contributed by atoms with E-state index < -0.39 is 0 Å². The predicted molar refractivity (Wildman–Crippen MR) is 84.8 cm³/mol. The standard InChI is InChI=1S/C17H25N3O2/c1-13-4-3-7-18-16(13)17(21)20-8-9-22-15(12-20)11-19(2)10-14-5-6-14/h3-4,7,14-15H,5-6,8-12H2,1-2H3/t15-/m1/s1. The molecule has 0 aromatic carbocycles. The Kier molecular flexibility index (Phi) is 4.74. The third-order valence-corrected chi connectivity index (χ3v) is 4.42. The topological polar surface area (TPSA) is 45.7 Å². The van der Waals surface area contributed by atoms with Crippen LogP contribution in [0.3, 0.4) is 0 Å². The molecule has 5 nitrogen and oxygen atoms in total. The molecule has 1 aliphatic heterocycles. The summed E-state index contributed by atoms with van der Waals surface area (Å²) in [6.45, 7) is 5.89. The van der Waals surface area contributed by atoms with Crippen molar-refractivity contribution in [2.24, 2.45) is 5.92 Å². The van der Waals surface area contributed by atoms with Gasteiger partial charge >= 0.3 is 0 Å². The molecule has 0 unspecified atom stereocenters. The molecule has 0 radical (unpaired) electrons. The van der Waals surface area contributed by atoms with E-state index in [1.165, 1.54) is 12.8 Å². The highest BCUT2D eigenvalue weighted by molar-refractivity contribution is 5.93. The predicted octanol–water partition coefficient (Wildman–Crippen LogP) is 1.57. The van der Waals surface area contributed by atoms with Crippen LogP contribution in [0.5, 0.6) is 0 Å². The average Bonchev–Trinajstić information content (AvgIpc) is 3.31. The molecule has 1 saturated heterocycles. The first-order valence-corrected chi connectivity index (χ1v) is 8.14. The van der Waals surface area contributed by atoms with Gasteiger partial charge in [-0.15, -0.1) is 0 Å². The summed E-state index contributed by atoms with van der Waals surface area (Å²) in [7, 11) is 2.14. The Hall–Kier alpha value is -1.46. The van der Waals surface area contributed by atoms with Crippen molar-refractivity contribution in [2.75, 3.05) is 39.8 Å². The normalized spacial score (nSPS) is 22.1. The van der Waals surface area contributed by atoms with Gasteiger partial charge in [-0.3, -0.25) is 9.78 Å². The van der Waals surface area contributed by atoms with E-state index >= 15 is 0 Å². The van der Waals surface area contributed by atoms with Gasteiger partial charge in [0.1, 0.15) is 5.69 Å². The lowest BCUT2D eigenvalue weighted by molar-refractivity contribution is -0.0335. The maximum atomic E-state index is 12.6. The van der Waals surface area contributed by atoms with E-state index in [0.717, 1.165) is 24.6 Å². The van der Waals surface area contributed by atoms with Crippen molar-refractivity contribution in [1.29, 1.82) is 0 Å². The summed E-state index contributed by atoms with van der Waals surface area (Å²) in [5.74, 6) is 0.902. The fourth-order valence-corrected chi connectivity index (χ4v) is 3.04. The number of nitrogens with zero attached hydrogens (tertiary/aromatic N) is 3. The number of rotatable bonds is 5. The Balaban J connectivity index is 1.57. The van der Waals surface area contributed by atoms with Crippen molar-refractivity contribution in [1.82, 2.24) is 14.8 Å². The highest BCUT2D eigenvalue weighted by Gasteiger charge is 2.29. The van der Waals surface area contributed by atoms with E-state index in [4.69, 9.17) is 4.74 Å². The molecule has 1 aliphatic carbocycles. The number of morpholine rings is 1. The maximum Gasteiger partial charge on any atom is 0.272 e. The van der Waals surface area contributed by atoms with Crippen LogP contribution in [0.4, 0.5) is 0 Å². The van der Waals surface area contributed by atoms with Crippen molar-refractivity contribution in [3.05, 3.63) is 29.6 Å². The summed E-state index contributed by atoms with van der Waals surface area (Å²) < 4.78 is 5.84. The van der Waals surface area contributed by atoms with Crippen molar-refractivity contribution < 1.29 is 9.53 Å². The zero-order valence-electron chi connectivity index (χ0n) is 13.5. The number of pyridine rings is 1. The van der Waals surface area contributed by atoms with Crippen LogP contribution in [0, 0.1) is 12.8 Å². The van der Waals surface area contributed by atoms with Gasteiger partial charge in [0.05, 0.1) is 12.7 Å². The molecule has 0 bridgehead atoms. The van der Waals surface area contributed by atoms with Crippen molar-refractivity contribution in [3.8, 4) is 0 Å². The molecule has 1 amide bonds. The number of likely N-dealkylation sites (N-methyl/N-ethyl adjacent to an activating group) is 1. The Labute approximate surface area is 132 Å². The second kappa shape index (κ2) is 6.75. The second-order valence-corrected chi connectivity index (χ2v) is 6.58. The monoisotopic (exact) mass is 303 g/mol. The molecular formula is C17H25N3O2. The van der Waals surface area contributed by atoms with Crippen LogP contribution < -0.4 is 0 Å². The SMILES string of the molecule is Cc1cccnc1C(=O)N1CCO[C@H](CN(C)CC2CC2)C1. The van der Waals surface area contributed by atoms with Crippen molar-refractivity contribution >= 4 is 5.91 Å². The third-order valence-electron chi connectivity index (χ3n) is 4.42. The highest BCUT2D eigenvalue weighted by atomic mass is 16.5. The lowest BCUT2D eigenvalue weighted by Crippen LogP contribution is -2.49. The Morgan fingerprint density at radius 3 is 3.00 bits per heavy atom. The van der Waals surface area contributed by atoms with Gasteiger partial charge in [-0.2, -0.15) is 0 Å². The van der Waals surface area contributed by atoms with Gasteiger partial charge in [-0.05, 0) is 44.4 Å². The Morgan fingerprint density at radius 2 is 2.27 bits per heavy atom. The van der Waals surface area contributed by atoms with Crippen LogP contribution in [-0.2, 0) is 4.74 Å². The van der Waals surface area contributed by atoms with Crippen molar-refractivity contribution in [3.63, 3.8) is 0 Å². The second-order valence-electron chi connectivity index (χ2n) is 6.58. The minimum Gasteiger partial charge on any atom is -0.373 e. The zero-order chi connectivity index (χ0) is 15.5. The number of aryl methyl sites for hydroxylation is 1. The molecule has 0 N–H and O–H groups in total. The minimum atomic E-state index is 0.0243. The molecule has 0 spiro atoms. The summed E-state index contributed by atoms with van der Waals surface area (Å²) in [6, 6.07) is 3.79. The van der Waals surface area contributed by atoms with Gasteiger partial charge in [-0.25, -0.2) is 0 Å². The highest BCUT2D eigenvalue weighted by Crippen LogP contribution is 2.29. The molecule has 1 saturated carbocycles. The van der Waals surface area contributed by atoms with E-state index in [9.17, 15) is 4.79 Å². The van der Waals surface area contributed by atoms with E-state index in [1.807, 2.05) is 24.0 Å². The first-order chi connectivity index (χ1) is 10.6. The number of ether oxygens (including phenoxy) is 1. The molecule has 22 heavy (non-hydrogen) atoms. The molecule has 2 aliphatic rings. The van der Waals surface area contributed by atoms with Gasteiger partial charge < -0.3 is 14.5 Å². The molecule has 120 valence electrons. The summed E-state index contributed by atoms with van der Waals surface area (Å²) in [5.41, 5.74) is 1.50. The quantitative estimate of drug-likeness (QED) is 0.828. The number of hydrogen-bond acceptors (Lipinski definition) is 4. The number of carbonyl (C=O) groups is 1. The summed E-state index contributed by atoms with van der Waals surface area (Å²) in [4.78, 5) is 21.1.